The highest BCUT2D eigenvalue weighted by atomic mass is 32.2. The van der Waals surface area contributed by atoms with E-state index in [0.29, 0.717) is 17.5 Å². The lowest BCUT2D eigenvalue weighted by atomic mass is 10.3. The monoisotopic (exact) mass is 317 g/mol. The summed E-state index contributed by atoms with van der Waals surface area (Å²) in [4.78, 5) is 4.13. The molecule has 0 spiro atoms. The maximum Gasteiger partial charge on any atom is 0.244 e. The van der Waals surface area contributed by atoms with E-state index in [2.05, 4.69) is 21.9 Å². The molecule has 0 aliphatic rings. The first-order valence-electron chi connectivity index (χ1n) is 6.71. The summed E-state index contributed by atoms with van der Waals surface area (Å²) in [5.41, 5.74) is 0.604. The lowest BCUT2D eigenvalue weighted by Crippen LogP contribution is -2.27. The van der Waals surface area contributed by atoms with Gasteiger partial charge in [-0.25, -0.2) is 13.1 Å². The van der Waals surface area contributed by atoms with Crippen LogP contribution in [0.25, 0.3) is 0 Å². The number of nitrogens with zero attached hydrogens (tertiary/aromatic N) is 1. The van der Waals surface area contributed by atoms with Crippen molar-refractivity contribution in [3.8, 4) is 0 Å². The van der Waals surface area contributed by atoms with E-state index in [9.17, 15) is 8.42 Å². The maximum absolute atomic E-state index is 12.3. The van der Waals surface area contributed by atoms with Crippen molar-refractivity contribution in [3.63, 3.8) is 0 Å². The van der Waals surface area contributed by atoms with Crippen molar-refractivity contribution in [1.82, 2.24) is 9.71 Å². The number of hydrogen-bond donors (Lipinski definition) is 2. The molecular formula is C13H23N3O2S2. The van der Waals surface area contributed by atoms with Gasteiger partial charge in [-0.3, -0.25) is 4.98 Å². The fourth-order valence-corrected chi connectivity index (χ4v) is 3.12. The number of nitrogens with one attached hydrogen (secondary N) is 2. The Morgan fingerprint density at radius 2 is 2.15 bits per heavy atom. The molecule has 5 nitrogen and oxygen atoms in total. The van der Waals surface area contributed by atoms with Crippen LogP contribution in [0.1, 0.15) is 26.7 Å². The molecule has 0 fully saturated rings. The van der Waals surface area contributed by atoms with Gasteiger partial charge in [0.25, 0.3) is 0 Å². The highest BCUT2D eigenvalue weighted by Crippen LogP contribution is 2.19. The van der Waals surface area contributed by atoms with Gasteiger partial charge >= 0.3 is 0 Å². The SMILES string of the molecule is CCCNc1ccncc1S(=O)(=O)NCCC(C)SC. The van der Waals surface area contributed by atoms with Crippen molar-refractivity contribution >= 4 is 27.5 Å². The molecule has 114 valence electrons. The van der Waals surface area contributed by atoms with Crippen LogP contribution in [0.5, 0.6) is 0 Å². The molecular weight excluding hydrogens is 294 g/mol. The summed E-state index contributed by atoms with van der Waals surface area (Å²) in [5.74, 6) is 0. The van der Waals surface area contributed by atoms with Gasteiger partial charge in [-0.1, -0.05) is 13.8 Å². The van der Waals surface area contributed by atoms with E-state index in [1.54, 1.807) is 24.0 Å². The fourth-order valence-electron chi connectivity index (χ4n) is 1.59. The predicted molar refractivity (Wildman–Crippen MR) is 85.8 cm³/mol. The van der Waals surface area contributed by atoms with Crippen LogP contribution < -0.4 is 10.0 Å². The lowest BCUT2D eigenvalue weighted by molar-refractivity contribution is 0.579. The number of sulfonamides is 1. The summed E-state index contributed by atoms with van der Waals surface area (Å²) in [6.07, 6.45) is 6.73. The molecule has 7 heteroatoms. The van der Waals surface area contributed by atoms with Crippen LogP contribution in [0.2, 0.25) is 0 Å². The average molecular weight is 317 g/mol. The van der Waals surface area contributed by atoms with Crippen molar-refractivity contribution in [3.05, 3.63) is 18.5 Å². The minimum atomic E-state index is -3.51. The van der Waals surface area contributed by atoms with Crippen LogP contribution in [-0.4, -0.2) is 38.0 Å². The van der Waals surface area contributed by atoms with Gasteiger partial charge in [0.15, 0.2) is 0 Å². The van der Waals surface area contributed by atoms with E-state index in [-0.39, 0.29) is 4.90 Å². The highest BCUT2D eigenvalue weighted by Gasteiger charge is 2.18. The standard InChI is InChI=1S/C13H23N3O2S2/c1-4-7-15-12-6-8-14-10-13(12)20(17,18)16-9-5-11(2)19-3/h6,8,10-11,16H,4-5,7,9H2,1-3H3,(H,14,15). The Morgan fingerprint density at radius 1 is 1.40 bits per heavy atom. The summed E-state index contributed by atoms with van der Waals surface area (Å²) < 4.78 is 27.2. The zero-order chi connectivity index (χ0) is 15.0. The van der Waals surface area contributed by atoms with Crippen LogP contribution in [0, 0.1) is 0 Å². The topological polar surface area (TPSA) is 71.1 Å². The van der Waals surface area contributed by atoms with Gasteiger partial charge in [0, 0.05) is 30.7 Å². The van der Waals surface area contributed by atoms with E-state index < -0.39 is 10.0 Å². The molecule has 2 N–H and O–H groups in total. The molecule has 0 saturated carbocycles. The van der Waals surface area contributed by atoms with Gasteiger partial charge in [0.2, 0.25) is 10.0 Å². The molecule has 1 aromatic heterocycles. The molecule has 0 radical (unpaired) electrons. The zero-order valence-electron chi connectivity index (χ0n) is 12.2. The fraction of sp³-hybridized carbons (Fsp3) is 0.615. The minimum absolute atomic E-state index is 0.213. The van der Waals surface area contributed by atoms with Gasteiger partial charge < -0.3 is 5.32 Å². The summed E-state index contributed by atoms with van der Waals surface area (Å²) >= 11 is 1.73. The quantitative estimate of drug-likeness (QED) is 0.731. The zero-order valence-corrected chi connectivity index (χ0v) is 13.9. The third-order valence-corrected chi connectivity index (χ3v) is 5.41. The molecule has 0 aromatic carbocycles. The summed E-state index contributed by atoms with van der Waals surface area (Å²) in [6.45, 7) is 5.28. The van der Waals surface area contributed by atoms with Gasteiger partial charge in [0.05, 0.1) is 5.69 Å². The van der Waals surface area contributed by atoms with E-state index in [1.165, 1.54) is 6.20 Å². The minimum Gasteiger partial charge on any atom is -0.384 e. The first-order valence-corrected chi connectivity index (χ1v) is 9.48. The summed E-state index contributed by atoms with van der Waals surface area (Å²) in [5, 5.41) is 3.55. The molecule has 0 aliphatic carbocycles. The largest absolute Gasteiger partial charge is 0.384 e. The molecule has 1 atom stereocenters. The molecule has 1 rings (SSSR count). The van der Waals surface area contributed by atoms with Crippen molar-refractivity contribution in [2.75, 3.05) is 24.7 Å². The molecule has 0 bridgehead atoms. The van der Waals surface area contributed by atoms with Gasteiger partial charge in [-0.2, -0.15) is 11.8 Å². The Balaban J connectivity index is 2.76. The third-order valence-electron chi connectivity index (χ3n) is 2.88. The van der Waals surface area contributed by atoms with Crippen molar-refractivity contribution < 1.29 is 8.42 Å². The Hall–Kier alpha value is -0.790. The molecule has 1 unspecified atom stereocenters. The maximum atomic E-state index is 12.3. The third kappa shape index (κ3) is 5.30. The second kappa shape index (κ2) is 8.49. The van der Waals surface area contributed by atoms with Crippen molar-refractivity contribution in [2.45, 2.75) is 36.8 Å². The number of hydrogen-bond acceptors (Lipinski definition) is 5. The molecule has 0 aliphatic heterocycles. The number of rotatable bonds is 9. The second-order valence-corrected chi connectivity index (χ2v) is 7.54. The highest BCUT2D eigenvalue weighted by molar-refractivity contribution is 7.99. The van der Waals surface area contributed by atoms with Crippen molar-refractivity contribution in [2.24, 2.45) is 0 Å². The van der Waals surface area contributed by atoms with Gasteiger partial charge in [0.1, 0.15) is 4.90 Å². The van der Waals surface area contributed by atoms with E-state index in [4.69, 9.17) is 0 Å². The van der Waals surface area contributed by atoms with Crippen LogP contribution >= 0.6 is 11.8 Å². The van der Waals surface area contributed by atoms with Crippen LogP contribution in [0.15, 0.2) is 23.4 Å². The summed E-state index contributed by atoms with van der Waals surface area (Å²) in [6, 6.07) is 1.69. The second-order valence-electron chi connectivity index (χ2n) is 4.53. The molecule has 20 heavy (non-hydrogen) atoms. The molecule has 1 aromatic rings. The Labute approximate surface area is 126 Å². The first kappa shape index (κ1) is 17.3. The van der Waals surface area contributed by atoms with E-state index in [0.717, 1.165) is 19.4 Å². The molecule has 0 amide bonds. The summed E-state index contributed by atoms with van der Waals surface area (Å²) in [7, 11) is -3.51. The van der Waals surface area contributed by atoms with E-state index in [1.807, 2.05) is 13.2 Å². The number of anilines is 1. The van der Waals surface area contributed by atoms with Gasteiger partial charge in [-0.15, -0.1) is 0 Å². The molecule has 1 heterocycles. The van der Waals surface area contributed by atoms with E-state index >= 15 is 0 Å². The number of thioether (sulfide) groups is 1. The average Bonchev–Trinajstić information content (AvgIpc) is 2.45. The predicted octanol–water partition coefficient (Wildman–Crippen LogP) is 2.32. The molecule has 0 saturated heterocycles. The van der Waals surface area contributed by atoms with Crippen LogP contribution in [0.3, 0.4) is 0 Å². The number of aromatic nitrogens is 1. The smallest absolute Gasteiger partial charge is 0.244 e. The number of pyridine rings is 1. The van der Waals surface area contributed by atoms with Crippen molar-refractivity contribution in [1.29, 1.82) is 0 Å². The normalized spacial score (nSPS) is 13.2. The van der Waals surface area contributed by atoms with Crippen LogP contribution in [0.4, 0.5) is 5.69 Å². The Kier molecular flexibility index (Phi) is 7.32. The lowest BCUT2D eigenvalue weighted by Gasteiger charge is -2.13. The first-order chi connectivity index (χ1) is 9.51. The van der Waals surface area contributed by atoms with Gasteiger partial charge in [-0.05, 0) is 25.2 Å². The Bertz CT molecular complexity index is 506. The van der Waals surface area contributed by atoms with Crippen LogP contribution in [-0.2, 0) is 10.0 Å². The Morgan fingerprint density at radius 3 is 2.80 bits per heavy atom.